The third-order valence-corrected chi connectivity index (χ3v) is 3.60. The van der Waals surface area contributed by atoms with Crippen LogP contribution in [-0.4, -0.2) is 36.5 Å². The van der Waals surface area contributed by atoms with Gasteiger partial charge >= 0.3 is 0 Å². The van der Waals surface area contributed by atoms with Crippen molar-refractivity contribution in [2.24, 2.45) is 0 Å². The van der Waals surface area contributed by atoms with Crippen LogP contribution in [0.25, 0.3) is 22.2 Å². The van der Waals surface area contributed by atoms with Crippen molar-refractivity contribution in [1.82, 2.24) is 9.88 Å². The molecule has 4 heteroatoms. The zero-order valence-electron chi connectivity index (χ0n) is 13.2. The molecule has 1 amide bonds. The van der Waals surface area contributed by atoms with Crippen molar-refractivity contribution in [2.75, 3.05) is 20.7 Å². The molecular formula is C19H18N2O2. The maximum Gasteiger partial charge on any atom is 0.259 e. The second-order valence-electron chi connectivity index (χ2n) is 5.47. The summed E-state index contributed by atoms with van der Waals surface area (Å²) in [6, 6.07) is 19.6. The number of nitrogens with zero attached hydrogens (tertiary/aromatic N) is 2. The topological polar surface area (TPSA) is 42.4 Å². The highest BCUT2D eigenvalue weighted by atomic mass is 16.5. The number of rotatable bonds is 4. The third-order valence-electron chi connectivity index (χ3n) is 3.60. The van der Waals surface area contributed by atoms with Crippen molar-refractivity contribution in [3.8, 4) is 17.0 Å². The fraction of sp³-hybridized carbons (Fsp3) is 0.158. The van der Waals surface area contributed by atoms with E-state index in [1.54, 1.807) is 14.1 Å². The van der Waals surface area contributed by atoms with Gasteiger partial charge in [0.15, 0.2) is 6.61 Å². The number of likely N-dealkylation sites (N-methyl/N-ethyl adjacent to an activating group) is 1. The molecule has 0 N–H and O–H groups in total. The maximum absolute atomic E-state index is 11.8. The number of carbonyl (C=O) groups excluding carboxylic acids is 1. The minimum atomic E-state index is -0.0767. The SMILES string of the molecule is CN(C)C(=O)COc1cc(-c2ccccc2)nc2ccccc12. The van der Waals surface area contributed by atoms with Crippen molar-refractivity contribution >= 4 is 16.8 Å². The first-order valence-electron chi connectivity index (χ1n) is 7.43. The van der Waals surface area contributed by atoms with Crippen molar-refractivity contribution in [1.29, 1.82) is 0 Å². The van der Waals surface area contributed by atoms with Gasteiger partial charge in [0.1, 0.15) is 5.75 Å². The van der Waals surface area contributed by atoms with Gasteiger partial charge in [-0.25, -0.2) is 4.98 Å². The number of aromatic nitrogens is 1. The molecule has 3 aromatic rings. The number of benzene rings is 2. The first-order chi connectivity index (χ1) is 11.1. The Morgan fingerprint density at radius 1 is 1.04 bits per heavy atom. The summed E-state index contributed by atoms with van der Waals surface area (Å²) in [7, 11) is 3.43. The van der Waals surface area contributed by atoms with Crippen LogP contribution < -0.4 is 4.74 Å². The Kier molecular flexibility index (Phi) is 4.24. The van der Waals surface area contributed by atoms with Gasteiger partial charge in [0.25, 0.3) is 5.91 Å². The van der Waals surface area contributed by atoms with Crippen LogP contribution in [0.1, 0.15) is 0 Å². The van der Waals surface area contributed by atoms with Gasteiger partial charge in [0, 0.05) is 31.1 Å². The summed E-state index contributed by atoms with van der Waals surface area (Å²) >= 11 is 0. The zero-order chi connectivity index (χ0) is 16.2. The lowest BCUT2D eigenvalue weighted by Gasteiger charge is -2.14. The van der Waals surface area contributed by atoms with E-state index in [1.165, 1.54) is 4.90 Å². The number of hydrogen-bond acceptors (Lipinski definition) is 3. The minimum absolute atomic E-state index is 0.00916. The molecule has 0 aliphatic rings. The highest BCUT2D eigenvalue weighted by molar-refractivity contribution is 5.88. The van der Waals surface area contributed by atoms with E-state index in [0.717, 1.165) is 22.2 Å². The van der Waals surface area contributed by atoms with Gasteiger partial charge in [0.2, 0.25) is 0 Å². The predicted octanol–water partition coefficient (Wildman–Crippen LogP) is 3.37. The molecule has 3 rings (SSSR count). The number of pyridine rings is 1. The largest absolute Gasteiger partial charge is 0.483 e. The molecule has 0 saturated heterocycles. The van der Waals surface area contributed by atoms with Crippen LogP contribution in [-0.2, 0) is 4.79 Å². The Morgan fingerprint density at radius 3 is 2.48 bits per heavy atom. The van der Waals surface area contributed by atoms with Crippen LogP contribution in [0.3, 0.4) is 0 Å². The van der Waals surface area contributed by atoms with Gasteiger partial charge in [-0.05, 0) is 12.1 Å². The number of fused-ring (bicyclic) bond motifs is 1. The van der Waals surface area contributed by atoms with Crippen molar-refractivity contribution in [3.63, 3.8) is 0 Å². The lowest BCUT2D eigenvalue weighted by atomic mass is 10.1. The predicted molar refractivity (Wildman–Crippen MR) is 91.4 cm³/mol. The van der Waals surface area contributed by atoms with Gasteiger partial charge in [0.05, 0.1) is 11.2 Å². The summed E-state index contributed by atoms with van der Waals surface area (Å²) in [5.41, 5.74) is 2.69. The van der Waals surface area contributed by atoms with Gasteiger partial charge in [-0.15, -0.1) is 0 Å². The monoisotopic (exact) mass is 306 g/mol. The molecule has 0 radical (unpaired) electrons. The van der Waals surface area contributed by atoms with Crippen molar-refractivity contribution in [3.05, 3.63) is 60.7 Å². The summed E-state index contributed by atoms with van der Waals surface area (Å²) in [6.45, 7) is 0.00916. The lowest BCUT2D eigenvalue weighted by molar-refractivity contribution is -0.130. The number of para-hydroxylation sites is 1. The highest BCUT2D eigenvalue weighted by Gasteiger charge is 2.11. The molecule has 4 nitrogen and oxygen atoms in total. The van der Waals surface area contributed by atoms with Crippen molar-refractivity contribution in [2.45, 2.75) is 0 Å². The van der Waals surface area contributed by atoms with E-state index in [0.29, 0.717) is 5.75 Å². The first kappa shape index (κ1) is 15.0. The minimum Gasteiger partial charge on any atom is -0.483 e. The first-order valence-corrected chi connectivity index (χ1v) is 7.43. The third kappa shape index (κ3) is 3.31. The quantitative estimate of drug-likeness (QED) is 0.742. The number of ether oxygens (including phenoxy) is 1. The van der Waals surface area contributed by atoms with Gasteiger partial charge in [-0.3, -0.25) is 4.79 Å². The Labute approximate surface area is 135 Å². The average Bonchev–Trinajstić information content (AvgIpc) is 2.59. The van der Waals surface area contributed by atoms with Gasteiger partial charge < -0.3 is 9.64 Å². The number of amides is 1. The molecule has 1 heterocycles. The zero-order valence-corrected chi connectivity index (χ0v) is 13.2. The molecule has 0 atom stereocenters. The van der Waals surface area contributed by atoms with Crippen LogP contribution in [0.5, 0.6) is 5.75 Å². The standard InChI is InChI=1S/C19H18N2O2/c1-21(2)19(22)13-23-18-12-17(14-8-4-3-5-9-14)20-16-11-7-6-10-15(16)18/h3-12H,13H2,1-2H3. The van der Waals surface area contributed by atoms with Crippen LogP contribution in [0.15, 0.2) is 60.7 Å². The maximum atomic E-state index is 11.8. The average molecular weight is 306 g/mol. The molecule has 0 aliphatic heterocycles. The Morgan fingerprint density at radius 2 is 1.74 bits per heavy atom. The summed E-state index contributed by atoms with van der Waals surface area (Å²) in [5.74, 6) is 0.594. The van der Waals surface area contributed by atoms with Crippen LogP contribution in [0.2, 0.25) is 0 Å². The van der Waals surface area contributed by atoms with E-state index in [4.69, 9.17) is 9.72 Å². The number of hydrogen-bond donors (Lipinski definition) is 0. The second-order valence-corrected chi connectivity index (χ2v) is 5.47. The summed E-state index contributed by atoms with van der Waals surface area (Å²) in [4.78, 5) is 18.0. The Bertz CT molecular complexity index is 829. The van der Waals surface area contributed by atoms with E-state index in [9.17, 15) is 4.79 Å². The molecule has 23 heavy (non-hydrogen) atoms. The molecule has 0 unspecified atom stereocenters. The van der Waals surface area contributed by atoms with Gasteiger partial charge in [-0.2, -0.15) is 0 Å². The molecule has 0 bridgehead atoms. The number of carbonyl (C=O) groups is 1. The molecule has 0 fully saturated rings. The van der Waals surface area contributed by atoms with E-state index >= 15 is 0 Å². The molecule has 1 aromatic heterocycles. The smallest absolute Gasteiger partial charge is 0.259 e. The lowest BCUT2D eigenvalue weighted by Crippen LogP contribution is -2.27. The van der Waals surface area contributed by atoms with E-state index < -0.39 is 0 Å². The summed E-state index contributed by atoms with van der Waals surface area (Å²) in [6.07, 6.45) is 0. The van der Waals surface area contributed by atoms with Crippen LogP contribution >= 0.6 is 0 Å². The van der Waals surface area contributed by atoms with Crippen molar-refractivity contribution < 1.29 is 9.53 Å². The van der Waals surface area contributed by atoms with Crippen LogP contribution in [0.4, 0.5) is 0 Å². The van der Waals surface area contributed by atoms with E-state index in [1.807, 2.05) is 60.7 Å². The molecule has 0 aliphatic carbocycles. The van der Waals surface area contributed by atoms with Gasteiger partial charge in [-0.1, -0.05) is 42.5 Å². The molecule has 0 saturated carbocycles. The van der Waals surface area contributed by atoms with Crippen LogP contribution in [0, 0.1) is 0 Å². The highest BCUT2D eigenvalue weighted by Crippen LogP contribution is 2.29. The second kappa shape index (κ2) is 6.48. The molecule has 116 valence electrons. The Hall–Kier alpha value is -2.88. The van der Waals surface area contributed by atoms with E-state index in [2.05, 4.69) is 0 Å². The fourth-order valence-corrected chi connectivity index (χ4v) is 2.29. The van der Waals surface area contributed by atoms with E-state index in [-0.39, 0.29) is 12.5 Å². The normalized spacial score (nSPS) is 10.5. The summed E-state index contributed by atoms with van der Waals surface area (Å²) in [5, 5.41) is 0.902. The Balaban J connectivity index is 2.02. The fourth-order valence-electron chi connectivity index (χ4n) is 2.29. The molecule has 0 spiro atoms. The molecular weight excluding hydrogens is 288 g/mol. The molecule has 2 aromatic carbocycles. The summed E-state index contributed by atoms with van der Waals surface area (Å²) < 4.78 is 5.77.